The average molecular weight is 338 g/mol. The minimum absolute atomic E-state index is 0.0666. The van der Waals surface area contributed by atoms with Crippen LogP contribution in [-0.2, 0) is 12.8 Å². The predicted octanol–water partition coefficient (Wildman–Crippen LogP) is 4.21. The largest absolute Gasteiger partial charge is 0.411 e. The molecule has 0 aliphatic carbocycles. The van der Waals surface area contributed by atoms with E-state index in [1.165, 1.54) is 12.1 Å². The Balaban J connectivity index is 1.96. The fourth-order valence-electron chi connectivity index (χ4n) is 2.38. The van der Waals surface area contributed by atoms with Gasteiger partial charge in [-0.05, 0) is 23.8 Å². The van der Waals surface area contributed by atoms with Gasteiger partial charge in [0.2, 0.25) is 0 Å². The van der Waals surface area contributed by atoms with Crippen LogP contribution < -0.4 is 0 Å². The van der Waals surface area contributed by atoms with E-state index in [0.717, 1.165) is 11.1 Å². The van der Waals surface area contributed by atoms with Crippen molar-refractivity contribution < 1.29 is 9.60 Å². The molecule has 1 aromatic carbocycles. The van der Waals surface area contributed by atoms with Crippen LogP contribution in [-0.4, -0.2) is 22.1 Å². The number of hydrogen-bond acceptors (Lipinski definition) is 4. The summed E-state index contributed by atoms with van der Waals surface area (Å²) in [4.78, 5) is 8.32. The molecular weight excluding hydrogens is 328 g/mol. The third kappa shape index (κ3) is 2.69. The highest BCUT2D eigenvalue weighted by atomic mass is 35.5. The van der Waals surface area contributed by atoms with Crippen LogP contribution >= 0.6 is 23.2 Å². The Morgan fingerprint density at radius 1 is 1.32 bits per heavy atom. The third-order valence-electron chi connectivity index (χ3n) is 3.39. The number of benzene rings is 1. The molecule has 0 fully saturated rings. The number of aliphatic imine (C=N–C) groups is 1. The standard InChI is InChI=1S/C15H10Cl2FN3O/c16-11-5-8(6-12(17)14(11)18)7-13(21-22)9-1-3-19-15-10(9)2-4-20-15/h1,3-6,22H,2,7H2/b21-13+. The molecule has 3 rings (SSSR count). The number of aromatic nitrogens is 1. The summed E-state index contributed by atoms with van der Waals surface area (Å²) in [5.74, 6) is -0.0402. The molecule has 0 spiro atoms. The van der Waals surface area contributed by atoms with Gasteiger partial charge in [-0.3, -0.25) is 0 Å². The maximum absolute atomic E-state index is 13.5. The Morgan fingerprint density at radius 2 is 2.05 bits per heavy atom. The van der Waals surface area contributed by atoms with Crippen LogP contribution in [0.25, 0.3) is 0 Å². The molecule has 7 heteroatoms. The van der Waals surface area contributed by atoms with Crippen LogP contribution in [0.15, 0.2) is 34.5 Å². The van der Waals surface area contributed by atoms with Gasteiger partial charge in [-0.15, -0.1) is 0 Å². The highest BCUT2D eigenvalue weighted by Crippen LogP contribution is 2.28. The van der Waals surface area contributed by atoms with Crippen molar-refractivity contribution >= 4 is 40.9 Å². The summed E-state index contributed by atoms with van der Waals surface area (Å²) in [5, 5.41) is 12.6. The van der Waals surface area contributed by atoms with Crippen LogP contribution in [0.3, 0.4) is 0 Å². The molecule has 1 aliphatic rings. The molecule has 0 saturated heterocycles. The number of pyridine rings is 1. The predicted molar refractivity (Wildman–Crippen MR) is 84.5 cm³/mol. The van der Waals surface area contributed by atoms with E-state index in [1.54, 1.807) is 18.5 Å². The van der Waals surface area contributed by atoms with E-state index in [-0.39, 0.29) is 16.5 Å². The SMILES string of the molecule is O/N=C(\Cc1cc(Cl)c(F)c(Cl)c1)c1ccnc2c1CC=N2. The minimum Gasteiger partial charge on any atom is -0.411 e. The first-order valence-electron chi connectivity index (χ1n) is 6.45. The van der Waals surface area contributed by atoms with E-state index in [9.17, 15) is 9.60 Å². The number of nitrogens with zero attached hydrogens (tertiary/aromatic N) is 3. The quantitative estimate of drug-likeness (QED) is 0.394. The fourth-order valence-corrected chi connectivity index (χ4v) is 2.91. The second-order valence-corrected chi connectivity index (χ2v) is 5.59. The van der Waals surface area contributed by atoms with Crippen molar-refractivity contribution in [3.63, 3.8) is 0 Å². The zero-order valence-corrected chi connectivity index (χ0v) is 12.7. The van der Waals surface area contributed by atoms with Crippen molar-refractivity contribution in [2.24, 2.45) is 10.1 Å². The van der Waals surface area contributed by atoms with Crippen molar-refractivity contribution in [3.05, 3.63) is 56.9 Å². The zero-order chi connectivity index (χ0) is 15.7. The number of rotatable bonds is 3. The Labute approximate surface area is 135 Å². The van der Waals surface area contributed by atoms with Crippen LogP contribution in [0.2, 0.25) is 10.0 Å². The molecule has 2 aromatic rings. The first-order chi connectivity index (χ1) is 10.6. The van der Waals surface area contributed by atoms with Crippen molar-refractivity contribution in [2.45, 2.75) is 12.8 Å². The van der Waals surface area contributed by atoms with Gasteiger partial charge in [0.05, 0.1) is 15.8 Å². The van der Waals surface area contributed by atoms with Crippen molar-refractivity contribution in [2.75, 3.05) is 0 Å². The first kappa shape index (κ1) is 14.9. The Bertz CT molecular complexity index is 782. The Hall–Kier alpha value is -1.98. The third-order valence-corrected chi connectivity index (χ3v) is 3.94. The molecule has 0 amide bonds. The van der Waals surface area contributed by atoms with Crippen LogP contribution in [0.4, 0.5) is 10.2 Å². The lowest BCUT2D eigenvalue weighted by molar-refractivity contribution is 0.318. The Morgan fingerprint density at radius 3 is 2.73 bits per heavy atom. The lowest BCUT2D eigenvalue weighted by atomic mass is 9.98. The summed E-state index contributed by atoms with van der Waals surface area (Å²) < 4.78 is 13.5. The van der Waals surface area contributed by atoms with E-state index in [2.05, 4.69) is 15.1 Å². The molecule has 1 aliphatic heterocycles. The van der Waals surface area contributed by atoms with Gasteiger partial charge < -0.3 is 5.21 Å². The van der Waals surface area contributed by atoms with E-state index < -0.39 is 5.82 Å². The second kappa shape index (κ2) is 6.02. The fraction of sp³-hybridized carbons (Fsp3) is 0.133. The number of oxime groups is 1. The van der Waals surface area contributed by atoms with Crippen molar-refractivity contribution in [3.8, 4) is 0 Å². The lowest BCUT2D eigenvalue weighted by Crippen LogP contribution is -2.09. The van der Waals surface area contributed by atoms with Gasteiger partial charge in [0.25, 0.3) is 0 Å². The molecule has 2 heterocycles. The highest BCUT2D eigenvalue weighted by Gasteiger charge is 2.18. The van der Waals surface area contributed by atoms with Gasteiger partial charge in [-0.2, -0.15) is 0 Å². The second-order valence-electron chi connectivity index (χ2n) is 4.77. The van der Waals surface area contributed by atoms with E-state index in [1.807, 2.05) is 0 Å². The molecule has 0 bridgehead atoms. The summed E-state index contributed by atoms with van der Waals surface area (Å²) in [6.07, 6.45) is 4.24. The summed E-state index contributed by atoms with van der Waals surface area (Å²) in [6, 6.07) is 4.69. The molecule has 1 aromatic heterocycles. The first-order valence-corrected chi connectivity index (χ1v) is 7.21. The van der Waals surface area contributed by atoms with E-state index in [4.69, 9.17) is 23.2 Å². The lowest BCUT2D eigenvalue weighted by Gasteiger charge is -2.10. The Kier molecular flexibility index (Phi) is 4.09. The van der Waals surface area contributed by atoms with Crippen LogP contribution in [0.5, 0.6) is 0 Å². The van der Waals surface area contributed by atoms with Crippen LogP contribution in [0, 0.1) is 5.82 Å². The van der Waals surface area contributed by atoms with Gasteiger partial charge in [-0.25, -0.2) is 14.4 Å². The summed E-state index contributed by atoms with van der Waals surface area (Å²) >= 11 is 11.6. The molecule has 0 atom stereocenters. The number of fused-ring (bicyclic) bond motifs is 1. The molecule has 0 saturated carbocycles. The van der Waals surface area contributed by atoms with E-state index in [0.29, 0.717) is 23.5 Å². The van der Waals surface area contributed by atoms with Gasteiger partial charge in [0.1, 0.15) is 0 Å². The van der Waals surface area contributed by atoms with Crippen molar-refractivity contribution in [1.82, 2.24) is 4.98 Å². The summed E-state index contributed by atoms with van der Waals surface area (Å²) in [7, 11) is 0. The molecule has 1 N–H and O–H groups in total. The zero-order valence-electron chi connectivity index (χ0n) is 11.2. The minimum atomic E-state index is -0.659. The summed E-state index contributed by atoms with van der Waals surface area (Å²) in [6.45, 7) is 0. The molecule has 4 nitrogen and oxygen atoms in total. The highest BCUT2D eigenvalue weighted by molar-refractivity contribution is 6.35. The van der Waals surface area contributed by atoms with Gasteiger partial charge in [-0.1, -0.05) is 28.4 Å². The number of hydrogen-bond donors (Lipinski definition) is 1. The molecule has 22 heavy (non-hydrogen) atoms. The van der Waals surface area contributed by atoms with Crippen LogP contribution in [0.1, 0.15) is 16.7 Å². The molecular formula is C15H10Cl2FN3O. The number of halogens is 3. The summed E-state index contributed by atoms with van der Waals surface area (Å²) in [5.41, 5.74) is 2.72. The maximum atomic E-state index is 13.5. The monoisotopic (exact) mass is 337 g/mol. The molecule has 112 valence electrons. The topological polar surface area (TPSA) is 57.8 Å². The van der Waals surface area contributed by atoms with Crippen molar-refractivity contribution in [1.29, 1.82) is 0 Å². The molecule has 0 radical (unpaired) electrons. The normalized spacial score (nSPS) is 13.5. The average Bonchev–Trinajstić information content (AvgIpc) is 2.98. The molecule has 0 unspecified atom stereocenters. The maximum Gasteiger partial charge on any atom is 0.160 e. The van der Waals surface area contributed by atoms with Gasteiger partial charge in [0.15, 0.2) is 11.6 Å². The van der Waals surface area contributed by atoms with Gasteiger partial charge >= 0.3 is 0 Å². The smallest absolute Gasteiger partial charge is 0.160 e. The van der Waals surface area contributed by atoms with E-state index >= 15 is 0 Å². The van der Waals surface area contributed by atoms with Gasteiger partial charge in [0, 0.05) is 36.4 Å².